The number of rotatable bonds is 7. The van der Waals surface area contributed by atoms with Crippen LogP contribution in [0, 0.1) is 0 Å². The Morgan fingerprint density at radius 2 is 1.90 bits per heavy atom. The van der Waals surface area contributed by atoms with Gasteiger partial charge in [0.2, 0.25) is 0 Å². The third kappa shape index (κ3) is 4.35. The standard InChI is InChI=1S/C16H18ClNO2/c1-19-16-12-13(8-9-15(16)17)18-10-5-11-20-14-6-3-2-4-7-14/h2-4,6-9,12,18H,5,10-11H2,1H3. The Morgan fingerprint density at radius 1 is 1.10 bits per heavy atom. The van der Waals surface area contributed by atoms with Gasteiger partial charge in [-0.25, -0.2) is 0 Å². The predicted molar refractivity (Wildman–Crippen MR) is 83.0 cm³/mol. The van der Waals surface area contributed by atoms with Crippen LogP contribution >= 0.6 is 11.6 Å². The van der Waals surface area contributed by atoms with Gasteiger partial charge in [0.1, 0.15) is 11.5 Å². The molecule has 0 fully saturated rings. The molecule has 0 amide bonds. The molecule has 0 saturated carbocycles. The summed E-state index contributed by atoms with van der Waals surface area (Å²) in [7, 11) is 1.61. The first-order chi connectivity index (χ1) is 9.79. The van der Waals surface area contributed by atoms with Crippen LogP contribution < -0.4 is 14.8 Å². The van der Waals surface area contributed by atoms with Crippen molar-refractivity contribution in [1.82, 2.24) is 0 Å². The van der Waals surface area contributed by atoms with E-state index in [1.54, 1.807) is 7.11 Å². The topological polar surface area (TPSA) is 30.5 Å². The van der Waals surface area contributed by atoms with Gasteiger partial charge in [-0.1, -0.05) is 29.8 Å². The van der Waals surface area contributed by atoms with Gasteiger partial charge in [0.05, 0.1) is 18.7 Å². The van der Waals surface area contributed by atoms with Crippen LogP contribution in [0.4, 0.5) is 5.69 Å². The highest BCUT2D eigenvalue weighted by Gasteiger charge is 2.01. The molecule has 1 N–H and O–H groups in total. The van der Waals surface area contributed by atoms with Gasteiger partial charge in [-0.05, 0) is 30.7 Å². The second kappa shape index (κ2) is 7.65. The summed E-state index contributed by atoms with van der Waals surface area (Å²) in [5, 5.41) is 3.93. The number of halogens is 1. The third-order valence-electron chi connectivity index (χ3n) is 2.81. The van der Waals surface area contributed by atoms with Gasteiger partial charge in [0, 0.05) is 18.3 Å². The van der Waals surface area contributed by atoms with E-state index in [9.17, 15) is 0 Å². The molecule has 0 aliphatic carbocycles. The van der Waals surface area contributed by atoms with Gasteiger partial charge in [0.15, 0.2) is 0 Å². The summed E-state index contributed by atoms with van der Waals surface area (Å²) in [6, 6.07) is 15.5. The summed E-state index contributed by atoms with van der Waals surface area (Å²) < 4.78 is 10.8. The smallest absolute Gasteiger partial charge is 0.139 e. The summed E-state index contributed by atoms with van der Waals surface area (Å²) >= 11 is 5.98. The average Bonchev–Trinajstić information content (AvgIpc) is 2.49. The number of ether oxygens (including phenoxy) is 2. The van der Waals surface area contributed by atoms with Gasteiger partial charge >= 0.3 is 0 Å². The Kier molecular flexibility index (Phi) is 5.56. The third-order valence-corrected chi connectivity index (χ3v) is 3.13. The van der Waals surface area contributed by atoms with Crippen LogP contribution in [0.1, 0.15) is 6.42 Å². The number of nitrogens with one attached hydrogen (secondary N) is 1. The molecular weight excluding hydrogens is 274 g/mol. The summed E-state index contributed by atoms with van der Waals surface area (Å²) in [6.07, 6.45) is 0.917. The SMILES string of the molecule is COc1cc(NCCCOc2ccccc2)ccc1Cl. The number of methoxy groups -OCH3 is 1. The number of benzene rings is 2. The fourth-order valence-electron chi connectivity index (χ4n) is 1.78. The predicted octanol–water partition coefficient (Wildman–Crippen LogP) is 4.23. The summed E-state index contributed by atoms with van der Waals surface area (Å²) in [4.78, 5) is 0. The fraction of sp³-hybridized carbons (Fsp3) is 0.250. The highest BCUT2D eigenvalue weighted by molar-refractivity contribution is 6.32. The Bertz CT molecular complexity index is 531. The first-order valence-corrected chi connectivity index (χ1v) is 6.92. The van der Waals surface area contributed by atoms with E-state index < -0.39 is 0 Å². The lowest BCUT2D eigenvalue weighted by Crippen LogP contribution is -2.07. The Balaban J connectivity index is 1.71. The van der Waals surface area contributed by atoms with Crippen LogP contribution in [0.15, 0.2) is 48.5 Å². The minimum absolute atomic E-state index is 0.616. The highest BCUT2D eigenvalue weighted by Crippen LogP contribution is 2.27. The van der Waals surface area contributed by atoms with Gasteiger partial charge < -0.3 is 14.8 Å². The van der Waals surface area contributed by atoms with Crippen LogP contribution in [0.25, 0.3) is 0 Å². The zero-order valence-corrected chi connectivity index (χ0v) is 12.2. The van der Waals surface area contributed by atoms with E-state index in [-0.39, 0.29) is 0 Å². The number of anilines is 1. The van der Waals surface area contributed by atoms with Crippen LogP contribution in [0.2, 0.25) is 5.02 Å². The first-order valence-electron chi connectivity index (χ1n) is 6.55. The Labute approximate surface area is 124 Å². The Morgan fingerprint density at radius 3 is 2.65 bits per heavy atom. The maximum absolute atomic E-state index is 5.98. The molecular formula is C16H18ClNO2. The molecule has 0 aliphatic rings. The van der Waals surface area contributed by atoms with E-state index in [1.807, 2.05) is 48.5 Å². The second-order valence-electron chi connectivity index (χ2n) is 4.29. The molecule has 0 aromatic heterocycles. The highest BCUT2D eigenvalue weighted by atomic mass is 35.5. The number of para-hydroxylation sites is 1. The maximum Gasteiger partial charge on any atom is 0.139 e. The minimum Gasteiger partial charge on any atom is -0.495 e. The van der Waals surface area contributed by atoms with E-state index in [0.717, 1.165) is 24.4 Å². The molecule has 0 unspecified atom stereocenters. The zero-order valence-electron chi connectivity index (χ0n) is 11.4. The van der Waals surface area contributed by atoms with Crippen LogP contribution in [0.5, 0.6) is 11.5 Å². The van der Waals surface area contributed by atoms with Gasteiger partial charge in [-0.2, -0.15) is 0 Å². The van der Waals surface area contributed by atoms with Crippen molar-refractivity contribution in [3.63, 3.8) is 0 Å². The van der Waals surface area contributed by atoms with E-state index >= 15 is 0 Å². The molecule has 0 saturated heterocycles. The quantitative estimate of drug-likeness (QED) is 0.774. The first kappa shape index (κ1) is 14.5. The van der Waals surface area contributed by atoms with Crippen molar-refractivity contribution in [3.8, 4) is 11.5 Å². The molecule has 0 bridgehead atoms. The number of hydrogen-bond acceptors (Lipinski definition) is 3. The number of hydrogen-bond donors (Lipinski definition) is 1. The molecule has 4 heteroatoms. The lowest BCUT2D eigenvalue weighted by Gasteiger charge is -2.10. The fourth-order valence-corrected chi connectivity index (χ4v) is 1.98. The van der Waals surface area contributed by atoms with Crippen LogP contribution in [0.3, 0.4) is 0 Å². The maximum atomic E-state index is 5.98. The van der Waals surface area contributed by atoms with E-state index in [2.05, 4.69) is 5.32 Å². The van der Waals surface area contributed by atoms with Crippen molar-refractivity contribution in [2.45, 2.75) is 6.42 Å². The lowest BCUT2D eigenvalue weighted by molar-refractivity contribution is 0.315. The van der Waals surface area contributed by atoms with Crippen molar-refractivity contribution >= 4 is 17.3 Å². The summed E-state index contributed by atoms with van der Waals surface area (Å²) in [6.45, 7) is 1.51. The van der Waals surface area contributed by atoms with Gasteiger partial charge in [0.25, 0.3) is 0 Å². The molecule has 106 valence electrons. The average molecular weight is 292 g/mol. The van der Waals surface area contributed by atoms with Crippen molar-refractivity contribution in [1.29, 1.82) is 0 Å². The minimum atomic E-state index is 0.616. The largest absolute Gasteiger partial charge is 0.495 e. The van der Waals surface area contributed by atoms with Crippen molar-refractivity contribution in [3.05, 3.63) is 53.6 Å². The second-order valence-corrected chi connectivity index (χ2v) is 4.70. The van der Waals surface area contributed by atoms with Crippen LogP contribution in [-0.2, 0) is 0 Å². The van der Waals surface area contributed by atoms with E-state index in [0.29, 0.717) is 17.4 Å². The monoisotopic (exact) mass is 291 g/mol. The molecule has 0 atom stereocenters. The molecule has 0 aliphatic heterocycles. The molecule has 2 aromatic rings. The van der Waals surface area contributed by atoms with Gasteiger partial charge in [-0.3, -0.25) is 0 Å². The molecule has 3 nitrogen and oxygen atoms in total. The van der Waals surface area contributed by atoms with Gasteiger partial charge in [-0.15, -0.1) is 0 Å². The van der Waals surface area contributed by atoms with Crippen molar-refractivity contribution in [2.75, 3.05) is 25.6 Å². The summed E-state index contributed by atoms with van der Waals surface area (Å²) in [5.41, 5.74) is 0.992. The normalized spacial score (nSPS) is 10.1. The molecule has 0 radical (unpaired) electrons. The molecule has 0 spiro atoms. The lowest BCUT2D eigenvalue weighted by atomic mass is 10.3. The molecule has 20 heavy (non-hydrogen) atoms. The van der Waals surface area contributed by atoms with Crippen molar-refractivity contribution < 1.29 is 9.47 Å². The van der Waals surface area contributed by atoms with Crippen LogP contribution in [-0.4, -0.2) is 20.3 Å². The molecule has 2 aromatic carbocycles. The molecule has 0 heterocycles. The Hall–Kier alpha value is -1.87. The zero-order chi connectivity index (χ0) is 14.2. The molecule has 2 rings (SSSR count). The van der Waals surface area contributed by atoms with E-state index in [1.165, 1.54) is 0 Å². The summed E-state index contributed by atoms with van der Waals surface area (Å²) in [5.74, 6) is 1.58. The van der Waals surface area contributed by atoms with Crippen molar-refractivity contribution in [2.24, 2.45) is 0 Å². The van der Waals surface area contributed by atoms with E-state index in [4.69, 9.17) is 21.1 Å².